The fraction of sp³-hybridized carbons (Fsp3) is 0.235. The van der Waals surface area contributed by atoms with Gasteiger partial charge >= 0.3 is 6.18 Å². The third kappa shape index (κ3) is 4.91. The van der Waals surface area contributed by atoms with Crippen molar-refractivity contribution in [3.8, 4) is 11.5 Å². The third-order valence-electron chi connectivity index (χ3n) is 3.23. The highest BCUT2D eigenvalue weighted by atomic mass is 19.4. The predicted molar refractivity (Wildman–Crippen MR) is 83.5 cm³/mol. The van der Waals surface area contributed by atoms with Gasteiger partial charge in [0.15, 0.2) is 0 Å². The van der Waals surface area contributed by atoms with Crippen LogP contribution < -0.4 is 10.1 Å². The van der Waals surface area contributed by atoms with Crippen LogP contribution in [0.15, 0.2) is 54.9 Å². The highest BCUT2D eigenvalue weighted by Gasteiger charge is 2.30. The number of aromatic hydroxyl groups is 1. The zero-order valence-corrected chi connectivity index (χ0v) is 13.0. The summed E-state index contributed by atoms with van der Waals surface area (Å²) in [5.74, 6) is 0.400. The van der Waals surface area contributed by atoms with Crippen LogP contribution in [0.25, 0.3) is 0 Å². The SMILES string of the molecule is C=C(COc1ccc(C(F)(F)F)cc1)N[C@H](C)c1ccc(O)cn1. The normalized spacial score (nSPS) is 12.5. The molecule has 0 aliphatic rings. The molecule has 0 spiro atoms. The molecule has 0 radical (unpaired) electrons. The van der Waals surface area contributed by atoms with Gasteiger partial charge in [0.1, 0.15) is 18.1 Å². The van der Waals surface area contributed by atoms with E-state index in [9.17, 15) is 18.3 Å². The Kier molecular flexibility index (Phi) is 5.33. The second kappa shape index (κ2) is 7.25. The van der Waals surface area contributed by atoms with E-state index in [1.54, 1.807) is 6.07 Å². The number of aromatic nitrogens is 1. The summed E-state index contributed by atoms with van der Waals surface area (Å²) in [6.45, 7) is 5.79. The van der Waals surface area contributed by atoms with Crippen molar-refractivity contribution >= 4 is 0 Å². The highest BCUT2D eigenvalue weighted by molar-refractivity contribution is 5.29. The van der Waals surface area contributed by atoms with Crippen LogP contribution in [0.4, 0.5) is 13.2 Å². The maximum atomic E-state index is 12.5. The van der Waals surface area contributed by atoms with Crippen LogP contribution in [-0.2, 0) is 6.18 Å². The second-order valence-corrected chi connectivity index (χ2v) is 5.22. The Morgan fingerprint density at radius 3 is 2.46 bits per heavy atom. The minimum absolute atomic E-state index is 0.0791. The van der Waals surface area contributed by atoms with Gasteiger partial charge in [0.2, 0.25) is 0 Å². The number of nitrogens with zero attached hydrogens (tertiary/aromatic N) is 1. The van der Waals surface area contributed by atoms with Gasteiger partial charge in [-0.15, -0.1) is 0 Å². The Balaban J connectivity index is 1.85. The monoisotopic (exact) mass is 338 g/mol. The predicted octanol–water partition coefficient (Wildman–Crippen LogP) is 4.05. The largest absolute Gasteiger partial charge is 0.506 e. The molecule has 2 rings (SSSR count). The van der Waals surface area contributed by atoms with Crippen molar-refractivity contribution in [2.75, 3.05) is 6.61 Å². The lowest BCUT2D eigenvalue weighted by molar-refractivity contribution is -0.137. The van der Waals surface area contributed by atoms with E-state index in [0.717, 1.165) is 12.1 Å². The van der Waals surface area contributed by atoms with Crippen molar-refractivity contribution in [1.82, 2.24) is 10.3 Å². The number of nitrogens with one attached hydrogen (secondary N) is 1. The summed E-state index contributed by atoms with van der Waals surface area (Å²) in [5, 5.41) is 12.3. The number of hydrogen-bond donors (Lipinski definition) is 2. The molecule has 128 valence electrons. The Labute approximate surface area is 137 Å². The average Bonchev–Trinajstić information content (AvgIpc) is 2.53. The van der Waals surface area contributed by atoms with Gasteiger partial charge in [-0.3, -0.25) is 4.98 Å². The van der Waals surface area contributed by atoms with Gasteiger partial charge in [0.25, 0.3) is 0 Å². The van der Waals surface area contributed by atoms with Crippen molar-refractivity contribution in [1.29, 1.82) is 0 Å². The van der Waals surface area contributed by atoms with E-state index in [2.05, 4.69) is 16.9 Å². The molecule has 0 amide bonds. The maximum Gasteiger partial charge on any atom is 0.416 e. The standard InChI is InChI=1S/C17H17F3N2O2/c1-11(22-12(2)16-8-5-14(23)9-21-16)10-24-15-6-3-13(4-7-15)17(18,19)20/h3-9,12,22-23H,1,10H2,2H3/t12-/m1/s1. The molecule has 2 aromatic rings. The fourth-order valence-electron chi connectivity index (χ4n) is 1.99. The van der Waals surface area contributed by atoms with Crippen LogP contribution in [0, 0.1) is 0 Å². The summed E-state index contributed by atoms with van der Waals surface area (Å²) in [6.07, 6.45) is -3.02. The first kappa shape index (κ1) is 17.7. The molecular formula is C17H17F3N2O2. The van der Waals surface area contributed by atoms with E-state index >= 15 is 0 Å². The van der Waals surface area contributed by atoms with Gasteiger partial charge in [-0.05, 0) is 43.3 Å². The lowest BCUT2D eigenvalue weighted by atomic mass is 10.2. The highest BCUT2D eigenvalue weighted by Crippen LogP contribution is 2.30. The molecule has 0 bridgehead atoms. The molecule has 1 heterocycles. The number of hydrogen-bond acceptors (Lipinski definition) is 4. The molecule has 1 atom stereocenters. The van der Waals surface area contributed by atoms with Crippen LogP contribution in [0.1, 0.15) is 24.2 Å². The number of alkyl halides is 3. The average molecular weight is 338 g/mol. The summed E-state index contributed by atoms with van der Waals surface area (Å²) < 4.78 is 42.8. The van der Waals surface area contributed by atoms with E-state index in [0.29, 0.717) is 17.1 Å². The van der Waals surface area contributed by atoms with E-state index in [1.165, 1.54) is 24.4 Å². The van der Waals surface area contributed by atoms with Gasteiger partial charge in [-0.2, -0.15) is 13.2 Å². The molecule has 4 nitrogen and oxygen atoms in total. The minimum Gasteiger partial charge on any atom is -0.506 e. The van der Waals surface area contributed by atoms with Crippen LogP contribution in [0.2, 0.25) is 0 Å². The van der Waals surface area contributed by atoms with Crippen molar-refractivity contribution in [2.45, 2.75) is 19.1 Å². The molecule has 1 aromatic carbocycles. The van der Waals surface area contributed by atoms with Crippen LogP contribution in [0.3, 0.4) is 0 Å². The first-order chi connectivity index (χ1) is 11.3. The Hall–Kier alpha value is -2.70. The molecule has 0 saturated heterocycles. The van der Waals surface area contributed by atoms with Gasteiger partial charge in [-0.25, -0.2) is 0 Å². The molecule has 1 aromatic heterocycles. The molecule has 2 N–H and O–H groups in total. The number of ether oxygens (including phenoxy) is 1. The van der Waals surface area contributed by atoms with Crippen molar-refractivity contribution < 1.29 is 23.0 Å². The van der Waals surface area contributed by atoms with E-state index in [4.69, 9.17) is 4.74 Å². The molecule has 24 heavy (non-hydrogen) atoms. The number of halogens is 3. The Bertz CT molecular complexity index is 682. The Morgan fingerprint density at radius 2 is 1.92 bits per heavy atom. The summed E-state index contributed by atoms with van der Waals surface area (Å²) in [6, 6.07) is 7.51. The molecule has 0 aliphatic heterocycles. The molecule has 0 fully saturated rings. The summed E-state index contributed by atoms with van der Waals surface area (Å²) >= 11 is 0. The zero-order chi connectivity index (χ0) is 17.7. The van der Waals surface area contributed by atoms with Gasteiger partial charge in [0.05, 0.1) is 23.5 Å². The summed E-state index contributed by atoms with van der Waals surface area (Å²) in [4.78, 5) is 4.08. The lowest BCUT2D eigenvalue weighted by Crippen LogP contribution is -2.22. The number of benzene rings is 1. The smallest absolute Gasteiger partial charge is 0.416 e. The van der Waals surface area contributed by atoms with Gasteiger partial charge in [-0.1, -0.05) is 6.58 Å². The Morgan fingerprint density at radius 1 is 1.25 bits per heavy atom. The first-order valence-electron chi connectivity index (χ1n) is 7.15. The van der Waals surface area contributed by atoms with Crippen molar-refractivity contribution in [2.24, 2.45) is 0 Å². The van der Waals surface area contributed by atoms with E-state index < -0.39 is 11.7 Å². The second-order valence-electron chi connectivity index (χ2n) is 5.22. The summed E-state index contributed by atoms with van der Waals surface area (Å²) in [5.41, 5.74) is 0.541. The van der Waals surface area contributed by atoms with Gasteiger partial charge in [0, 0.05) is 5.70 Å². The van der Waals surface area contributed by atoms with Gasteiger partial charge < -0.3 is 15.2 Å². The summed E-state index contributed by atoms with van der Waals surface area (Å²) in [7, 11) is 0. The van der Waals surface area contributed by atoms with Crippen molar-refractivity contribution in [3.63, 3.8) is 0 Å². The minimum atomic E-state index is -4.36. The van der Waals surface area contributed by atoms with Crippen LogP contribution >= 0.6 is 0 Å². The van der Waals surface area contributed by atoms with Crippen LogP contribution in [0.5, 0.6) is 11.5 Å². The molecule has 0 unspecified atom stereocenters. The quantitative estimate of drug-likeness (QED) is 0.834. The van der Waals surface area contributed by atoms with E-state index in [1.807, 2.05) is 6.92 Å². The molecular weight excluding hydrogens is 321 g/mol. The molecule has 0 saturated carbocycles. The van der Waals surface area contributed by atoms with E-state index in [-0.39, 0.29) is 18.4 Å². The maximum absolute atomic E-state index is 12.5. The molecule has 7 heteroatoms. The number of rotatable bonds is 6. The fourth-order valence-corrected chi connectivity index (χ4v) is 1.99. The molecule has 0 aliphatic carbocycles. The topological polar surface area (TPSA) is 54.4 Å². The lowest BCUT2D eigenvalue weighted by Gasteiger charge is -2.17. The third-order valence-corrected chi connectivity index (χ3v) is 3.23. The first-order valence-corrected chi connectivity index (χ1v) is 7.15. The van der Waals surface area contributed by atoms with Crippen molar-refractivity contribution in [3.05, 3.63) is 66.1 Å². The number of pyridine rings is 1. The zero-order valence-electron chi connectivity index (χ0n) is 13.0. The van der Waals surface area contributed by atoms with Crippen LogP contribution in [-0.4, -0.2) is 16.7 Å².